The van der Waals surface area contributed by atoms with Gasteiger partial charge in [0.1, 0.15) is 11.4 Å². The molecule has 1 atom stereocenters. The minimum Gasteiger partial charge on any atom is -0.486 e. The summed E-state index contributed by atoms with van der Waals surface area (Å²) in [6, 6.07) is 14.2. The van der Waals surface area contributed by atoms with Gasteiger partial charge in [0.15, 0.2) is 0 Å². The molecule has 1 N–H and O–H groups in total. The smallest absolute Gasteiger partial charge is 0.143 e. The van der Waals surface area contributed by atoms with Crippen molar-refractivity contribution < 1.29 is 4.74 Å². The first-order valence-electron chi connectivity index (χ1n) is 7.40. The highest BCUT2D eigenvalue weighted by Crippen LogP contribution is 2.44. The van der Waals surface area contributed by atoms with Crippen LogP contribution in [-0.4, -0.2) is 5.60 Å². The first kappa shape index (κ1) is 15.7. The van der Waals surface area contributed by atoms with E-state index in [9.17, 15) is 0 Å². The first-order chi connectivity index (χ1) is 10.4. The van der Waals surface area contributed by atoms with Gasteiger partial charge in [0.25, 0.3) is 0 Å². The van der Waals surface area contributed by atoms with Gasteiger partial charge in [-0.15, -0.1) is 0 Å². The standard InChI is InChI=1S/C18H19Cl2NO/c1-18(2)10-16(21-11-12-6-4-3-5-7-12)14-8-13(19)9-15(20)17(14)22-18/h3-9,16,21H,10-11H2,1-2H3. The lowest BCUT2D eigenvalue weighted by Gasteiger charge is -2.38. The zero-order chi connectivity index (χ0) is 15.7. The number of benzene rings is 2. The Bertz CT molecular complexity index is 670. The van der Waals surface area contributed by atoms with Crippen LogP contribution in [0.5, 0.6) is 5.75 Å². The van der Waals surface area contributed by atoms with Crippen molar-refractivity contribution in [2.45, 2.75) is 38.5 Å². The van der Waals surface area contributed by atoms with E-state index >= 15 is 0 Å². The van der Waals surface area contributed by atoms with E-state index in [0.717, 1.165) is 24.3 Å². The number of fused-ring (bicyclic) bond motifs is 1. The summed E-state index contributed by atoms with van der Waals surface area (Å²) in [7, 11) is 0. The molecule has 0 radical (unpaired) electrons. The van der Waals surface area contributed by atoms with Crippen LogP contribution in [0.15, 0.2) is 42.5 Å². The van der Waals surface area contributed by atoms with Gasteiger partial charge < -0.3 is 10.1 Å². The Hall–Kier alpha value is -1.22. The third-order valence-electron chi connectivity index (χ3n) is 3.88. The third-order valence-corrected chi connectivity index (χ3v) is 4.38. The molecule has 0 saturated heterocycles. The van der Waals surface area contributed by atoms with Crippen LogP contribution in [0.1, 0.15) is 37.4 Å². The number of rotatable bonds is 3. The average Bonchev–Trinajstić information content (AvgIpc) is 2.46. The van der Waals surface area contributed by atoms with Crippen LogP contribution in [0.25, 0.3) is 0 Å². The number of nitrogens with one attached hydrogen (secondary N) is 1. The largest absolute Gasteiger partial charge is 0.486 e. The molecule has 1 aliphatic heterocycles. The SMILES string of the molecule is CC1(C)CC(NCc2ccccc2)c2cc(Cl)cc(Cl)c2O1. The molecule has 4 heteroatoms. The Morgan fingerprint density at radius 3 is 2.64 bits per heavy atom. The predicted molar refractivity (Wildman–Crippen MR) is 91.8 cm³/mol. The molecular weight excluding hydrogens is 317 g/mol. The van der Waals surface area contributed by atoms with Crippen molar-refractivity contribution in [2.75, 3.05) is 0 Å². The number of hydrogen-bond acceptors (Lipinski definition) is 2. The molecule has 0 amide bonds. The molecule has 0 aliphatic carbocycles. The van der Waals surface area contributed by atoms with Crippen molar-refractivity contribution in [3.63, 3.8) is 0 Å². The zero-order valence-corrected chi connectivity index (χ0v) is 14.2. The van der Waals surface area contributed by atoms with Gasteiger partial charge in [0, 0.05) is 29.6 Å². The molecular formula is C18H19Cl2NO. The van der Waals surface area contributed by atoms with Gasteiger partial charge in [-0.3, -0.25) is 0 Å². The molecule has 116 valence electrons. The van der Waals surface area contributed by atoms with Crippen LogP contribution >= 0.6 is 23.2 Å². The van der Waals surface area contributed by atoms with Crippen LogP contribution in [-0.2, 0) is 6.54 Å². The Morgan fingerprint density at radius 2 is 1.91 bits per heavy atom. The van der Waals surface area contributed by atoms with Crippen LogP contribution in [0, 0.1) is 0 Å². The highest BCUT2D eigenvalue weighted by molar-refractivity contribution is 6.35. The molecule has 1 heterocycles. The fraction of sp³-hybridized carbons (Fsp3) is 0.333. The summed E-state index contributed by atoms with van der Waals surface area (Å²) in [6.07, 6.45) is 0.865. The van der Waals surface area contributed by atoms with Crippen LogP contribution in [0.2, 0.25) is 10.0 Å². The van der Waals surface area contributed by atoms with Gasteiger partial charge >= 0.3 is 0 Å². The molecule has 22 heavy (non-hydrogen) atoms. The molecule has 2 nitrogen and oxygen atoms in total. The van der Waals surface area contributed by atoms with Gasteiger partial charge in [-0.2, -0.15) is 0 Å². The number of halogens is 2. The van der Waals surface area contributed by atoms with E-state index in [1.807, 2.05) is 24.3 Å². The molecule has 3 rings (SSSR count). The maximum atomic E-state index is 6.32. The maximum Gasteiger partial charge on any atom is 0.143 e. The van der Waals surface area contributed by atoms with Crippen LogP contribution in [0.4, 0.5) is 0 Å². The second-order valence-corrected chi connectivity index (χ2v) is 7.13. The van der Waals surface area contributed by atoms with E-state index in [2.05, 4.69) is 31.3 Å². The number of ether oxygens (including phenoxy) is 1. The van der Waals surface area contributed by atoms with E-state index in [4.69, 9.17) is 27.9 Å². The normalized spacial score (nSPS) is 19.4. The molecule has 0 spiro atoms. The molecule has 0 aromatic heterocycles. The van der Waals surface area contributed by atoms with Gasteiger partial charge in [-0.05, 0) is 31.5 Å². The molecule has 2 aromatic carbocycles. The fourth-order valence-corrected chi connectivity index (χ4v) is 3.43. The van der Waals surface area contributed by atoms with Gasteiger partial charge in [0.2, 0.25) is 0 Å². The van der Waals surface area contributed by atoms with Crippen molar-refractivity contribution in [2.24, 2.45) is 0 Å². The Balaban J connectivity index is 1.88. The highest BCUT2D eigenvalue weighted by Gasteiger charge is 2.35. The molecule has 1 unspecified atom stereocenters. The molecule has 0 saturated carbocycles. The minimum atomic E-state index is -0.265. The Labute approximate surface area is 141 Å². The van der Waals surface area contributed by atoms with E-state index in [0.29, 0.717) is 10.0 Å². The van der Waals surface area contributed by atoms with E-state index in [-0.39, 0.29) is 11.6 Å². The monoisotopic (exact) mass is 335 g/mol. The Kier molecular flexibility index (Phi) is 4.35. The lowest BCUT2D eigenvalue weighted by atomic mass is 9.89. The second kappa shape index (κ2) is 6.11. The van der Waals surface area contributed by atoms with E-state index in [1.165, 1.54) is 5.56 Å². The quantitative estimate of drug-likeness (QED) is 0.812. The highest BCUT2D eigenvalue weighted by atomic mass is 35.5. The van der Waals surface area contributed by atoms with Crippen LogP contribution < -0.4 is 10.1 Å². The van der Waals surface area contributed by atoms with Crippen molar-refractivity contribution in [1.29, 1.82) is 0 Å². The van der Waals surface area contributed by atoms with Gasteiger partial charge in [0.05, 0.1) is 5.02 Å². The molecule has 1 aliphatic rings. The maximum absolute atomic E-state index is 6.32. The lowest BCUT2D eigenvalue weighted by Crippen LogP contribution is -2.39. The molecule has 0 bridgehead atoms. The van der Waals surface area contributed by atoms with Crippen molar-refractivity contribution in [3.05, 3.63) is 63.6 Å². The number of hydrogen-bond donors (Lipinski definition) is 1. The Morgan fingerprint density at radius 1 is 1.18 bits per heavy atom. The minimum absolute atomic E-state index is 0.162. The fourth-order valence-electron chi connectivity index (χ4n) is 2.89. The summed E-state index contributed by atoms with van der Waals surface area (Å²) in [4.78, 5) is 0. The summed E-state index contributed by atoms with van der Waals surface area (Å²) in [5.74, 6) is 0.743. The second-order valence-electron chi connectivity index (χ2n) is 6.29. The van der Waals surface area contributed by atoms with Crippen LogP contribution in [0.3, 0.4) is 0 Å². The summed E-state index contributed by atoms with van der Waals surface area (Å²) in [5, 5.41) is 4.82. The summed E-state index contributed by atoms with van der Waals surface area (Å²) in [5.41, 5.74) is 2.02. The molecule has 2 aromatic rings. The average molecular weight is 336 g/mol. The predicted octanol–water partition coefficient (Wildman–Crippen LogP) is 5.39. The van der Waals surface area contributed by atoms with Crippen molar-refractivity contribution in [1.82, 2.24) is 5.32 Å². The summed E-state index contributed by atoms with van der Waals surface area (Å²) in [6.45, 7) is 4.96. The summed E-state index contributed by atoms with van der Waals surface area (Å²) >= 11 is 12.5. The molecule has 0 fully saturated rings. The van der Waals surface area contributed by atoms with E-state index < -0.39 is 0 Å². The van der Waals surface area contributed by atoms with Crippen molar-refractivity contribution >= 4 is 23.2 Å². The first-order valence-corrected chi connectivity index (χ1v) is 8.15. The van der Waals surface area contributed by atoms with Gasteiger partial charge in [-0.25, -0.2) is 0 Å². The zero-order valence-electron chi connectivity index (χ0n) is 12.7. The van der Waals surface area contributed by atoms with E-state index in [1.54, 1.807) is 6.07 Å². The van der Waals surface area contributed by atoms with Crippen molar-refractivity contribution in [3.8, 4) is 5.75 Å². The topological polar surface area (TPSA) is 21.3 Å². The van der Waals surface area contributed by atoms with Gasteiger partial charge in [-0.1, -0.05) is 53.5 Å². The summed E-state index contributed by atoms with van der Waals surface area (Å²) < 4.78 is 6.06. The third kappa shape index (κ3) is 3.40. The lowest BCUT2D eigenvalue weighted by molar-refractivity contribution is 0.0658.